The SMILES string of the molecule is C=CCO[C@@H]1[C@H](O[C@@H]2O[C@@H](C)[C@H](OCc3ccccc3)[C@@H](OC)[C@H]2O)[C@@H](OCc2ccccc2)[C@H](C)O[C@H]1O. The second-order valence-corrected chi connectivity index (χ2v) is 9.84. The molecule has 2 heterocycles. The summed E-state index contributed by atoms with van der Waals surface area (Å²) in [6.07, 6.45) is -6.63. The van der Waals surface area contributed by atoms with Crippen LogP contribution in [0.3, 0.4) is 0 Å². The third-order valence-corrected chi connectivity index (χ3v) is 7.04. The molecule has 0 bridgehead atoms. The van der Waals surface area contributed by atoms with Crippen LogP contribution in [0.15, 0.2) is 73.3 Å². The highest BCUT2D eigenvalue weighted by Crippen LogP contribution is 2.33. The molecule has 2 aromatic carbocycles. The van der Waals surface area contributed by atoms with Crippen molar-refractivity contribution in [1.29, 1.82) is 0 Å². The average molecular weight is 545 g/mol. The van der Waals surface area contributed by atoms with Gasteiger partial charge in [-0.25, -0.2) is 0 Å². The number of hydrogen-bond acceptors (Lipinski definition) is 9. The highest BCUT2D eigenvalue weighted by Gasteiger charge is 2.51. The van der Waals surface area contributed by atoms with E-state index in [-0.39, 0.29) is 6.61 Å². The first-order chi connectivity index (χ1) is 18.9. The Balaban J connectivity index is 1.50. The van der Waals surface area contributed by atoms with Crippen LogP contribution in [0.2, 0.25) is 0 Å². The van der Waals surface area contributed by atoms with Gasteiger partial charge in [-0.15, -0.1) is 6.58 Å². The minimum atomic E-state index is -1.28. The van der Waals surface area contributed by atoms with Gasteiger partial charge in [-0.05, 0) is 25.0 Å². The van der Waals surface area contributed by atoms with Crippen LogP contribution >= 0.6 is 0 Å². The van der Waals surface area contributed by atoms with Gasteiger partial charge in [-0.1, -0.05) is 66.7 Å². The molecule has 2 aromatic rings. The van der Waals surface area contributed by atoms with E-state index in [0.29, 0.717) is 13.2 Å². The molecule has 9 nitrogen and oxygen atoms in total. The van der Waals surface area contributed by atoms with Crippen LogP contribution in [0.4, 0.5) is 0 Å². The molecule has 0 aliphatic carbocycles. The first-order valence-corrected chi connectivity index (χ1v) is 13.3. The van der Waals surface area contributed by atoms with Gasteiger partial charge < -0.3 is 43.4 Å². The molecule has 10 atom stereocenters. The Morgan fingerprint density at radius 2 is 1.28 bits per heavy atom. The Hall–Kier alpha value is -2.18. The first kappa shape index (κ1) is 29.8. The number of benzene rings is 2. The van der Waals surface area contributed by atoms with Crippen LogP contribution in [-0.2, 0) is 46.4 Å². The lowest BCUT2D eigenvalue weighted by Gasteiger charge is -2.48. The summed E-state index contributed by atoms with van der Waals surface area (Å²) in [5, 5.41) is 22.0. The number of aliphatic hydroxyl groups is 2. The summed E-state index contributed by atoms with van der Waals surface area (Å²) in [5.41, 5.74) is 1.97. The summed E-state index contributed by atoms with van der Waals surface area (Å²) in [4.78, 5) is 0. The van der Waals surface area contributed by atoms with Crippen molar-refractivity contribution in [3.63, 3.8) is 0 Å². The van der Waals surface area contributed by atoms with Gasteiger partial charge in [0.2, 0.25) is 0 Å². The number of aliphatic hydroxyl groups excluding tert-OH is 2. The van der Waals surface area contributed by atoms with Crippen molar-refractivity contribution in [2.24, 2.45) is 0 Å². The molecule has 9 heteroatoms. The normalized spacial score (nSPS) is 35.0. The molecule has 0 unspecified atom stereocenters. The van der Waals surface area contributed by atoms with Gasteiger partial charge in [0.25, 0.3) is 0 Å². The molecule has 0 spiro atoms. The fourth-order valence-electron chi connectivity index (χ4n) is 5.02. The monoisotopic (exact) mass is 544 g/mol. The van der Waals surface area contributed by atoms with Crippen LogP contribution in [0.1, 0.15) is 25.0 Å². The van der Waals surface area contributed by atoms with Crippen molar-refractivity contribution in [1.82, 2.24) is 0 Å². The van der Waals surface area contributed by atoms with Gasteiger partial charge >= 0.3 is 0 Å². The summed E-state index contributed by atoms with van der Waals surface area (Å²) >= 11 is 0. The van der Waals surface area contributed by atoms with Crippen molar-refractivity contribution in [2.75, 3.05) is 13.7 Å². The minimum Gasteiger partial charge on any atom is -0.385 e. The number of methoxy groups -OCH3 is 1. The van der Waals surface area contributed by atoms with E-state index in [2.05, 4.69) is 6.58 Å². The van der Waals surface area contributed by atoms with Gasteiger partial charge in [0.15, 0.2) is 12.6 Å². The van der Waals surface area contributed by atoms with Crippen molar-refractivity contribution in [2.45, 2.75) is 88.5 Å². The third-order valence-electron chi connectivity index (χ3n) is 7.04. The molecule has 2 N–H and O–H groups in total. The third kappa shape index (κ3) is 7.52. The molecule has 0 radical (unpaired) electrons. The molecule has 2 aliphatic rings. The van der Waals surface area contributed by atoms with Gasteiger partial charge in [-0.2, -0.15) is 0 Å². The van der Waals surface area contributed by atoms with Crippen molar-refractivity contribution in [3.05, 3.63) is 84.4 Å². The maximum atomic E-state index is 11.3. The zero-order valence-electron chi connectivity index (χ0n) is 22.7. The predicted molar refractivity (Wildman–Crippen MR) is 143 cm³/mol. The largest absolute Gasteiger partial charge is 0.385 e. The number of ether oxygens (including phenoxy) is 7. The lowest BCUT2D eigenvalue weighted by Crippen LogP contribution is -2.64. The van der Waals surface area contributed by atoms with Gasteiger partial charge in [0, 0.05) is 7.11 Å². The summed E-state index contributed by atoms with van der Waals surface area (Å²) in [6.45, 7) is 8.14. The summed E-state index contributed by atoms with van der Waals surface area (Å²) in [6, 6.07) is 19.5. The molecule has 0 amide bonds. The standard InChI is InChI=1S/C30H40O9/c1-5-16-34-28-27(25(19(2)37-29(28)32)36-18-22-14-10-7-11-15-22)39-30-23(31)26(33-4)24(20(3)38-30)35-17-21-12-8-6-9-13-21/h5-15,19-20,23-32H,1,16-18H2,2-4H3/t19-,20-,23+,24-,25-,26-,27+,28+,29+,30-/m0/s1. The molecule has 214 valence electrons. The Morgan fingerprint density at radius 3 is 1.82 bits per heavy atom. The van der Waals surface area contributed by atoms with Crippen molar-refractivity contribution in [3.8, 4) is 0 Å². The predicted octanol–water partition coefficient (Wildman–Crippen LogP) is 2.97. The van der Waals surface area contributed by atoms with E-state index < -0.39 is 61.4 Å². The summed E-state index contributed by atoms with van der Waals surface area (Å²) in [7, 11) is 1.52. The maximum Gasteiger partial charge on any atom is 0.187 e. The first-order valence-electron chi connectivity index (χ1n) is 13.3. The molecular weight excluding hydrogens is 504 g/mol. The fraction of sp³-hybridized carbons (Fsp3) is 0.533. The van der Waals surface area contributed by atoms with E-state index in [1.54, 1.807) is 13.0 Å². The molecule has 2 aliphatic heterocycles. The Labute approximate surface area is 230 Å². The van der Waals surface area contributed by atoms with E-state index in [0.717, 1.165) is 11.1 Å². The molecule has 2 saturated heterocycles. The minimum absolute atomic E-state index is 0.158. The van der Waals surface area contributed by atoms with E-state index in [4.69, 9.17) is 33.2 Å². The van der Waals surface area contributed by atoms with E-state index in [1.165, 1.54) is 7.11 Å². The quantitative estimate of drug-likeness (QED) is 0.390. The van der Waals surface area contributed by atoms with Crippen molar-refractivity contribution >= 4 is 0 Å². The molecule has 0 aromatic heterocycles. The molecule has 4 rings (SSSR count). The maximum absolute atomic E-state index is 11.3. The van der Waals surface area contributed by atoms with Crippen molar-refractivity contribution < 1.29 is 43.4 Å². The van der Waals surface area contributed by atoms with Crippen LogP contribution in [0, 0.1) is 0 Å². The van der Waals surface area contributed by atoms with Gasteiger partial charge in [0.1, 0.15) is 36.6 Å². The fourth-order valence-corrected chi connectivity index (χ4v) is 5.02. The summed E-state index contributed by atoms with van der Waals surface area (Å²) < 4.78 is 42.2. The van der Waals surface area contributed by atoms with Gasteiger partial charge in [0.05, 0.1) is 32.0 Å². The number of rotatable bonds is 12. The lowest BCUT2D eigenvalue weighted by atomic mass is 9.97. The molecule has 0 saturated carbocycles. The Bertz CT molecular complexity index is 990. The average Bonchev–Trinajstić information content (AvgIpc) is 2.94. The molecule has 39 heavy (non-hydrogen) atoms. The second-order valence-electron chi connectivity index (χ2n) is 9.84. The molecule has 2 fully saturated rings. The Morgan fingerprint density at radius 1 is 0.744 bits per heavy atom. The smallest absolute Gasteiger partial charge is 0.187 e. The Kier molecular flexibility index (Phi) is 11.0. The van der Waals surface area contributed by atoms with Crippen LogP contribution in [0.25, 0.3) is 0 Å². The summed E-state index contributed by atoms with van der Waals surface area (Å²) in [5.74, 6) is 0. The van der Waals surface area contributed by atoms with E-state index in [9.17, 15) is 10.2 Å². The van der Waals surface area contributed by atoms with Gasteiger partial charge in [-0.3, -0.25) is 0 Å². The highest BCUT2D eigenvalue weighted by molar-refractivity contribution is 5.14. The zero-order chi connectivity index (χ0) is 27.8. The molecular formula is C30H40O9. The van der Waals surface area contributed by atoms with E-state index >= 15 is 0 Å². The highest BCUT2D eigenvalue weighted by atomic mass is 16.7. The van der Waals surface area contributed by atoms with Crippen LogP contribution < -0.4 is 0 Å². The van der Waals surface area contributed by atoms with Crippen LogP contribution in [-0.4, -0.2) is 85.3 Å². The second kappa shape index (κ2) is 14.5. The number of hydrogen-bond donors (Lipinski definition) is 2. The van der Waals surface area contributed by atoms with Crippen LogP contribution in [0.5, 0.6) is 0 Å². The lowest BCUT2D eigenvalue weighted by molar-refractivity contribution is -0.361. The zero-order valence-corrected chi connectivity index (χ0v) is 22.7. The topological polar surface area (TPSA) is 105 Å². The van der Waals surface area contributed by atoms with E-state index in [1.807, 2.05) is 67.6 Å².